The van der Waals surface area contributed by atoms with Crippen molar-refractivity contribution in [3.05, 3.63) is 11.3 Å². The summed E-state index contributed by atoms with van der Waals surface area (Å²) < 4.78 is 10.2. The molecule has 0 fully saturated rings. The molecule has 2 rings (SSSR count). The van der Waals surface area contributed by atoms with Crippen LogP contribution in [0.2, 0.25) is 0 Å². The van der Waals surface area contributed by atoms with Gasteiger partial charge in [-0.3, -0.25) is 0 Å². The van der Waals surface area contributed by atoms with E-state index in [-0.39, 0.29) is 0 Å². The van der Waals surface area contributed by atoms with E-state index in [9.17, 15) is 0 Å². The highest BCUT2D eigenvalue weighted by Crippen LogP contribution is 2.26. The molecule has 12 heavy (non-hydrogen) atoms. The molecule has 0 amide bonds. The van der Waals surface area contributed by atoms with E-state index in [0.717, 1.165) is 30.8 Å². The van der Waals surface area contributed by atoms with E-state index < -0.39 is 0 Å². The number of methoxy groups -OCH3 is 1. The third-order valence-corrected chi connectivity index (χ3v) is 2.18. The Hall–Kier alpha value is -1.03. The highest BCUT2D eigenvalue weighted by Gasteiger charge is 2.22. The molecule has 0 radical (unpaired) electrons. The number of nitrogens with zero attached hydrogens (tertiary/aromatic N) is 2. The fraction of sp³-hybridized carbons (Fsp3) is 0.625. The molecule has 0 atom stereocenters. The van der Waals surface area contributed by atoms with E-state index in [1.165, 1.54) is 0 Å². The van der Waals surface area contributed by atoms with Gasteiger partial charge < -0.3 is 14.2 Å². The second-order valence-corrected chi connectivity index (χ2v) is 3.08. The zero-order valence-corrected chi connectivity index (χ0v) is 7.33. The molecular weight excluding hydrogens is 156 g/mol. The fourth-order valence-corrected chi connectivity index (χ4v) is 1.48. The van der Waals surface area contributed by atoms with Gasteiger partial charge in [-0.2, -0.15) is 0 Å². The lowest BCUT2D eigenvalue weighted by Gasteiger charge is -2.20. The van der Waals surface area contributed by atoms with E-state index in [2.05, 4.69) is 17.1 Å². The van der Waals surface area contributed by atoms with Gasteiger partial charge in [0.2, 0.25) is 0 Å². The topological polar surface area (TPSA) is 38.5 Å². The molecule has 1 aromatic heterocycles. The molecule has 1 aliphatic heterocycles. The van der Waals surface area contributed by atoms with Crippen molar-refractivity contribution in [3.63, 3.8) is 0 Å². The molecule has 0 saturated heterocycles. The van der Waals surface area contributed by atoms with Crippen LogP contribution in [0, 0.1) is 0 Å². The van der Waals surface area contributed by atoms with Gasteiger partial charge in [0, 0.05) is 19.5 Å². The molecule has 1 aromatic rings. The van der Waals surface area contributed by atoms with Crippen molar-refractivity contribution < 1.29 is 9.26 Å². The normalized spacial score (nSPS) is 17.5. The summed E-state index contributed by atoms with van der Waals surface area (Å²) in [5.74, 6) is 1.61. The first kappa shape index (κ1) is 7.61. The Morgan fingerprint density at radius 3 is 3.17 bits per heavy atom. The minimum Gasteiger partial charge on any atom is -0.479 e. The Morgan fingerprint density at radius 1 is 1.58 bits per heavy atom. The highest BCUT2D eigenvalue weighted by atomic mass is 16.5. The second kappa shape index (κ2) is 2.79. The molecule has 0 N–H and O–H groups in total. The molecule has 0 aromatic carbocycles. The van der Waals surface area contributed by atoms with Crippen molar-refractivity contribution in [3.8, 4) is 5.88 Å². The van der Waals surface area contributed by atoms with E-state index >= 15 is 0 Å². The zero-order valence-electron chi connectivity index (χ0n) is 7.33. The molecular formula is C8H12N2O2. The number of rotatable bonds is 1. The Labute approximate surface area is 71.1 Å². The molecule has 0 aliphatic carbocycles. The van der Waals surface area contributed by atoms with Gasteiger partial charge in [-0.15, -0.1) is 0 Å². The predicted octanol–water partition coefficient (Wildman–Crippen LogP) is 0.671. The molecule has 1 aliphatic rings. The molecule has 0 unspecified atom stereocenters. The average Bonchev–Trinajstić information content (AvgIpc) is 2.46. The van der Waals surface area contributed by atoms with Crippen LogP contribution < -0.4 is 4.74 Å². The first-order chi connectivity index (χ1) is 5.81. The van der Waals surface area contributed by atoms with Gasteiger partial charge in [-0.25, -0.2) is 0 Å². The van der Waals surface area contributed by atoms with Crippen molar-refractivity contribution in [2.24, 2.45) is 0 Å². The quantitative estimate of drug-likeness (QED) is 0.617. The van der Waals surface area contributed by atoms with Crippen LogP contribution in [0.15, 0.2) is 4.52 Å². The molecule has 2 heterocycles. The summed E-state index contributed by atoms with van der Waals surface area (Å²) in [5.41, 5.74) is 1.10. The number of fused-ring (bicyclic) bond motifs is 1. The molecule has 4 nitrogen and oxygen atoms in total. The summed E-state index contributed by atoms with van der Waals surface area (Å²) in [6.07, 6.45) is 0.933. The van der Waals surface area contributed by atoms with Crippen LogP contribution in [0.1, 0.15) is 11.3 Å². The summed E-state index contributed by atoms with van der Waals surface area (Å²) in [6.45, 7) is 1.91. The van der Waals surface area contributed by atoms with Gasteiger partial charge >= 0.3 is 0 Å². The van der Waals surface area contributed by atoms with Crippen molar-refractivity contribution in [1.82, 2.24) is 10.1 Å². The SMILES string of the molecule is COc1noc2c1CN(C)CC2. The average molecular weight is 168 g/mol. The number of hydrogen-bond acceptors (Lipinski definition) is 4. The summed E-state index contributed by atoms with van der Waals surface area (Å²) >= 11 is 0. The number of aromatic nitrogens is 1. The van der Waals surface area contributed by atoms with E-state index in [4.69, 9.17) is 9.26 Å². The van der Waals surface area contributed by atoms with Crippen LogP contribution in [0.3, 0.4) is 0 Å². The fourth-order valence-electron chi connectivity index (χ4n) is 1.48. The lowest BCUT2D eigenvalue weighted by molar-refractivity contribution is 0.281. The van der Waals surface area contributed by atoms with Crippen molar-refractivity contribution >= 4 is 0 Å². The summed E-state index contributed by atoms with van der Waals surface area (Å²) in [6, 6.07) is 0. The van der Waals surface area contributed by atoms with Crippen molar-refractivity contribution in [2.75, 3.05) is 20.7 Å². The van der Waals surface area contributed by atoms with Crippen LogP contribution in [-0.2, 0) is 13.0 Å². The standard InChI is InChI=1S/C8H12N2O2/c1-10-4-3-7-6(5-10)8(11-2)9-12-7/h3-5H2,1-2H3. The first-order valence-corrected chi connectivity index (χ1v) is 4.01. The maximum absolute atomic E-state index is 5.12. The van der Waals surface area contributed by atoms with Crippen LogP contribution in [0.25, 0.3) is 0 Å². The Balaban J connectivity index is 2.34. The maximum Gasteiger partial charge on any atom is 0.258 e. The summed E-state index contributed by atoms with van der Waals surface area (Å²) in [5, 5.41) is 3.83. The minimum absolute atomic E-state index is 0.636. The molecule has 0 bridgehead atoms. The smallest absolute Gasteiger partial charge is 0.258 e. The van der Waals surface area contributed by atoms with Crippen LogP contribution >= 0.6 is 0 Å². The second-order valence-electron chi connectivity index (χ2n) is 3.08. The van der Waals surface area contributed by atoms with Gasteiger partial charge in [0.1, 0.15) is 5.76 Å². The Bertz CT molecular complexity index is 269. The highest BCUT2D eigenvalue weighted by molar-refractivity contribution is 5.29. The van der Waals surface area contributed by atoms with E-state index in [1.807, 2.05) is 0 Å². The zero-order chi connectivity index (χ0) is 8.55. The van der Waals surface area contributed by atoms with Crippen molar-refractivity contribution in [2.45, 2.75) is 13.0 Å². The summed E-state index contributed by atoms with van der Waals surface area (Å²) in [4.78, 5) is 2.22. The maximum atomic E-state index is 5.12. The molecule has 4 heteroatoms. The Morgan fingerprint density at radius 2 is 2.42 bits per heavy atom. The predicted molar refractivity (Wildman–Crippen MR) is 43.1 cm³/mol. The molecule has 0 spiro atoms. The van der Waals surface area contributed by atoms with Gasteiger partial charge in [0.15, 0.2) is 0 Å². The van der Waals surface area contributed by atoms with Crippen LogP contribution in [0.5, 0.6) is 5.88 Å². The number of hydrogen-bond donors (Lipinski definition) is 0. The van der Waals surface area contributed by atoms with Crippen molar-refractivity contribution in [1.29, 1.82) is 0 Å². The van der Waals surface area contributed by atoms with Gasteiger partial charge in [-0.05, 0) is 12.2 Å². The lowest BCUT2D eigenvalue weighted by Crippen LogP contribution is -2.25. The first-order valence-electron chi connectivity index (χ1n) is 4.01. The minimum atomic E-state index is 0.636. The van der Waals surface area contributed by atoms with Gasteiger partial charge in [0.05, 0.1) is 12.7 Å². The van der Waals surface area contributed by atoms with E-state index in [1.54, 1.807) is 7.11 Å². The third-order valence-electron chi connectivity index (χ3n) is 2.18. The van der Waals surface area contributed by atoms with Gasteiger partial charge in [-0.1, -0.05) is 0 Å². The number of ether oxygens (including phenoxy) is 1. The van der Waals surface area contributed by atoms with Crippen LogP contribution in [-0.4, -0.2) is 30.8 Å². The Kier molecular flexibility index (Phi) is 1.77. The third kappa shape index (κ3) is 1.08. The van der Waals surface area contributed by atoms with Gasteiger partial charge in [0.25, 0.3) is 5.88 Å². The largest absolute Gasteiger partial charge is 0.479 e. The lowest BCUT2D eigenvalue weighted by atomic mass is 10.1. The molecule has 0 saturated carbocycles. The summed E-state index contributed by atoms with van der Waals surface area (Å²) in [7, 11) is 3.70. The number of likely N-dealkylation sites (N-methyl/N-ethyl adjacent to an activating group) is 1. The molecule has 66 valence electrons. The van der Waals surface area contributed by atoms with E-state index in [0.29, 0.717) is 5.88 Å². The monoisotopic (exact) mass is 168 g/mol. The van der Waals surface area contributed by atoms with Crippen LogP contribution in [0.4, 0.5) is 0 Å².